The van der Waals surface area contributed by atoms with Gasteiger partial charge >= 0.3 is 5.97 Å². The number of nitrogens with zero attached hydrogens (tertiary/aromatic N) is 2. The van der Waals surface area contributed by atoms with Gasteiger partial charge in [0, 0.05) is 26.1 Å². The van der Waals surface area contributed by atoms with E-state index in [1.165, 1.54) is 34.9 Å². The van der Waals surface area contributed by atoms with Gasteiger partial charge in [0.25, 0.3) is 5.91 Å². The Balaban J connectivity index is 2.10. The molecule has 1 heterocycles. The summed E-state index contributed by atoms with van der Waals surface area (Å²) in [5, 5.41) is 8.86. The minimum absolute atomic E-state index is 0.0834. The summed E-state index contributed by atoms with van der Waals surface area (Å²) in [6.07, 6.45) is 1.64. The highest BCUT2D eigenvalue weighted by molar-refractivity contribution is 6.31. The molecule has 1 N–H and O–H groups in total. The van der Waals surface area contributed by atoms with Gasteiger partial charge in [-0.2, -0.15) is 0 Å². The predicted octanol–water partition coefficient (Wildman–Crippen LogP) is 2.41. The maximum Gasteiger partial charge on any atom is 0.323 e. The Bertz CT molecular complexity index is 683. The molecule has 0 radical (unpaired) electrons. The van der Waals surface area contributed by atoms with E-state index >= 15 is 0 Å². The van der Waals surface area contributed by atoms with Crippen LogP contribution in [0.4, 0.5) is 4.39 Å². The number of carboxylic acids is 1. The third-order valence-electron chi connectivity index (χ3n) is 4.32. The number of likely N-dealkylation sites (tertiary alicyclic amines) is 1. The standard InChI is InChI=1S/C17H20ClFN2O4/c1-11(22)21(10-15(23)24)12-4-3-8-20(9-7-12)17(25)13-5-2-6-14(18)16(13)19/h2,5-6,12H,3-4,7-10H2,1H3,(H,23,24). The van der Waals surface area contributed by atoms with E-state index in [1.807, 2.05) is 0 Å². The maximum atomic E-state index is 14.1. The Morgan fingerprint density at radius 3 is 2.68 bits per heavy atom. The lowest BCUT2D eigenvalue weighted by molar-refractivity contribution is -0.145. The number of aliphatic carboxylic acids is 1. The van der Waals surface area contributed by atoms with Gasteiger partial charge in [0.2, 0.25) is 5.91 Å². The van der Waals surface area contributed by atoms with Gasteiger partial charge in [-0.15, -0.1) is 0 Å². The van der Waals surface area contributed by atoms with Crippen molar-refractivity contribution in [3.05, 3.63) is 34.6 Å². The van der Waals surface area contributed by atoms with E-state index in [0.29, 0.717) is 32.4 Å². The number of benzene rings is 1. The van der Waals surface area contributed by atoms with Crippen LogP contribution in [0.5, 0.6) is 0 Å². The molecule has 136 valence electrons. The molecule has 2 amide bonds. The normalized spacial score (nSPS) is 17.7. The van der Waals surface area contributed by atoms with Crippen molar-refractivity contribution >= 4 is 29.4 Å². The van der Waals surface area contributed by atoms with Crippen molar-refractivity contribution in [2.24, 2.45) is 0 Å². The van der Waals surface area contributed by atoms with Crippen LogP contribution in [-0.4, -0.2) is 58.4 Å². The molecule has 1 aliphatic heterocycles. The molecular weight excluding hydrogens is 351 g/mol. The Kier molecular flexibility index (Phi) is 6.36. The monoisotopic (exact) mass is 370 g/mol. The molecular formula is C17H20ClFN2O4. The molecule has 0 bridgehead atoms. The van der Waals surface area contributed by atoms with Crippen LogP contribution >= 0.6 is 11.6 Å². The summed E-state index contributed by atoms with van der Waals surface area (Å²) in [7, 11) is 0. The topological polar surface area (TPSA) is 77.9 Å². The summed E-state index contributed by atoms with van der Waals surface area (Å²) in [5.41, 5.74) is -0.0834. The molecule has 1 fully saturated rings. The molecule has 0 saturated carbocycles. The van der Waals surface area contributed by atoms with Gasteiger partial charge < -0.3 is 14.9 Å². The van der Waals surface area contributed by atoms with E-state index in [9.17, 15) is 18.8 Å². The molecule has 25 heavy (non-hydrogen) atoms. The van der Waals surface area contributed by atoms with E-state index < -0.39 is 17.7 Å². The lowest BCUT2D eigenvalue weighted by Gasteiger charge is -2.28. The fraction of sp³-hybridized carbons (Fsp3) is 0.471. The number of hydrogen-bond acceptors (Lipinski definition) is 3. The van der Waals surface area contributed by atoms with Crippen molar-refractivity contribution in [3.8, 4) is 0 Å². The van der Waals surface area contributed by atoms with Gasteiger partial charge in [-0.05, 0) is 31.4 Å². The molecule has 1 aromatic rings. The largest absolute Gasteiger partial charge is 0.480 e. The van der Waals surface area contributed by atoms with Crippen LogP contribution in [0, 0.1) is 5.82 Å². The smallest absolute Gasteiger partial charge is 0.323 e. The Hall–Kier alpha value is -2.15. The molecule has 1 unspecified atom stereocenters. The van der Waals surface area contributed by atoms with E-state index in [4.69, 9.17) is 16.7 Å². The first-order valence-corrected chi connectivity index (χ1v) is 8.41. The highest BCUT2D eigenvalue weighted by atomic mass is 35.5. The van der Waals surface area contributed by atoms with Crippen molar-refractivity contribution in [2.45, 2.75) is 32.2 Å². The SMILES string of the molecule is CC(=O)N(CC(=O)O)C1CCCN(C(=O)c2cccc(Cl)c2F)CC1. The minimum Gasteiger partial charge on any atom is -0.480 e. The zero-order valence-electron chi connectivity index (χ0n) is 13.9. The van der Waals surface area contributed by atoms with Crippen molar-refractivity contribution in [1.29, 1.82) is 0 Å². The Morgan fingerprint density at radius 2 is 2.04 bits per heavy atom. The molecule has 0 aromatic heterocycles. The first-order chi connectivity index (χ1) is 11.8. The maximum absolute atomic E-state index is 14.1. The first-order valence-electron chi connectivity index (χ1n) is 8.03. The zero-order chi connectivity index (χ0) is 18.6. The van der Waals surface area contributed by atoms with Gasteiger partial charge in [-0.25, -0.2) is 4.39 Å². The van der Waals surface area contributed by atoms with Crippen LogP contribution in [0.1, 0.15) is 36.5 Å². The summed E-state index contributed by atoms with van der Waals surface area (Å²) in [5.74, 6) is -2.58. The van der Waals surface area contributed by atoms with Gasteiger partial charge in [-0.1, -0.05) is 17.7 Å². The van der Waals surface area contributed by atoms with Crippen molar-refractivity contribution < 1.29 is 23.9 Å². The van der Waals surface area contributed by atoms with E-state index in [1.54, 1.807) is 0 Å². The highest BCUT2D eigenvalue weighted by Crippen LogP contribution is 2.22. The number of rotatable bonds is 4. The average Bonchev–Trinajstić information content (AvgIpc) is 2.80. The molecule has 6 nitrogen and oxygen atoms in total. The van der Waals surface area contributed by atoms with Crippen LogP contribution < -0.4 is 0 Å². The number of amides is 2. The van der Waals surface area contributed by atoms with Gasteiger partial charge in [-0.3, -0.25) is 14.4 Å². The summed E-state index contributed by atoms with van der Waals surface area (Å²) < 4.78 is 14.1. The molecule has 1 saturated heterocycles. The molecule has 8 heteroatoms. The fourth-order valence-electron chi connectivity index (χ4n) is 3.08. The molecule has 1 atom stereocenters. The first kappa shape index (κ1) is 19.2. The summed E-state index contributed by atoms with van der Waals surface area (Å²) >= 11 is 5.73. The lowest BCUT2D eigenvalue weighted by atomic mass is 10.1. The van der Waals surface area contributed by atoms with Crippen molar-refractivity contribution in [3.63, 3.8) is 0 Å². The molecule has 0 spiro atoms. The molecule has 1 aliphatic rings. The van der Waals surface area contributed by atoms with E-state index in [0.717, 1.165) is 0 Å². The average molecular weight is 371 g/mol. The van der Waals surface area contributed by atoms with Crippen LogP contribution in [-0.2, 0) is 9.59 Å². The van der Waals surface area contributed by atoms with E-state index in [-0.39, 0.29) is 29.1 Å². The molecule has 0 aliphatic carbocycles. The summed E-state index contributed by atoms with van der Waals surface area (Å²) in [6, 6.07) is 4.03. The van der Waals surface area contributed by atoms with Crippen LogP contribution in [0.25, 0.3) is 0 Å². The zero-order valence-corrected chi connectivity index (χ0v) is 14.6. The molecule has 2 rings (SSSR count). The second kappa shape index (κ2) is 8.29. The third-order valence-corrected chi connectivity index (χ3v) is 4.61. The lowest BCUT2D eigenvalue weighted by Crippen LogP contribution is -2.43. The Labute approximate surface area is 150 Å². The highest BCUT2D eigenvalue weighted by Gasteiger charge is 2.28. The van der Waals surface area contributed by atoms with Crippen LogP contribution in [0.15, 0.2) is 18.2 Å². The van der Waals surface area contributed by atoms with Crippen LogP contribution in [0.3, 0.4) is 0 Å². The van der Waals surface area contributed by atoms with Gasteiger partial charge in [0.05, 0.1) is 10.6 Å². The second-order valence-corrected chi connectivity index (χ2v) is 6.43. The molecule has 1 aromatic carbocycles. The number of carbonyl (C=O) groups excluding carboxylic acids is 2. The van der Waals surface area contributed by atoms with E-state index in [2.05, 4.69) is 0 Å². The quantitative estimate of drug-likeness (QED) is 0.882. The van der Waals surface area contributed by atoms with Gasteiger partial charge in [0.1, 0.15) is 6.54 Å². The van der Waals surface area contributed by atoms with Gasteiger partial charge in [0.15, 0.2) is 5.82 Å². The number of halogens is 2. The minimum atomic E-state index is -1.08. The predicted molar refractivity (Wildman–Crippen MR) is 90.0 cm³/mol. The second-order valence-electron chi connectivity index (χ2n) is 6.02. The van der Waals surface area contributed by atoms with Crippen LogP contribution in [0.2, 0.25) is 5.02 Å². The number of hydrogen-bond donors (Lipinski definition) is 1. The summed E-state index contributed by atoms with van der Waals surface area (Å²) in [6.45, 7) is 1.70. The van der Waals surface area contributed by atoms with Crippen molar-refractivity contribution in [2.75, 3.05) is 19.6 Å². The summed E-state index contributed by atoms with van der Waals surface area (Å²) in [4.78, 5) is 38.1. The Morgan fingerprint density at radius 1 is 1.32 bits per heavy atom. The fourth-order valence-corrected chi connectivity index (χ4v) is 3.25. The number of carbonyl (C=O) groups is 3. The number of carboxylic acid groups (broad SMARTS) is 1. The van der Waals surface area contributed by atoms with Crippen molar-refractivity contribution in [1.82, 2.24) is 9.80 Å². The third kappa shape index (κ3) is 4.69.